The van der Waals surface area contributed by atoms with Gasteiger partial charge in [0.05, 0.1) is 28.3 Å². The minimum atomic E-state index is -0.280. The van der Waals surface area contributed by atoms with Gasteiger partial charge in [-0.05, 0) is 153 Å². The number of hydrogen-bond donors (Lipinski definition) is 4. The van der Waals surface area contributed by atoms with Gasteiger partial charge in [-0.1, -0.05) is 87.8 Å². The van der Waals surface area contributed by atoms with Crippen LogP contribution in [0.5, 0.6) is 17.2 Å². The highest BCUT2D eigenvalue weighted by Crippen LogP contribution is 2.49. The number of anilines is 2. The topological polar surface area (TPSA) is 114 Å². The standard InChI is InChI=1S/C26H31N3O2S2.C25H27NO3S2/c1-15(2)28-9-10-29(16(3)4)22-14-19(17(5)11-21(22)28)20-12-18(7-8-23(20)31-6)13-24-25(30)27-26(32)33-24;1-13-8-17-18(25(4,5)7-6-24(17,2)3)11-15(13)16-9-14(19(27)12-20(16)28)10-21-22(29)26-23(30)31-21/h7-8,11-16H,9-10H2,1-6H3,(H,27,30,32);8-12,27-28H,6-7H2,1-5H3,(H,26,29,30)/b24-13-;21-10-. The molecule has 0 atom stereocenters. The van der Waals surface area contributed by atoms with Crippen LogP contribution in [0.4, 0.5) is 11.4 Å². The van der Waals surface area contributed by atoms with Crippen LogP contribution in [-0.2, 0) is 20.4 Å². The molecule has 3 heterocycles. The van der Waals surface area contributed by atoms with E-state index in [1.807, 2.05) is 18.2 Å². The second-order valence-electron chi connectivity index (χ2n) is 18.8. The lowest BCUT2D eigenvalue weighted by atomic mass is 9.62. The molecule has 2 fully saturated rings. The number of aromatic hydroxyl groups is 2. The van der Waals surface area contributed by atoms with Gasteiger partial charge in [0.25, 0.3) is 11.8 Å². The van der Waals surface area contributed by atoms with E-state index in [2.05, 4.69) is 120 Å². The number of thioether (sulfide) groups is 2. The fraction of sp³-hybridized carbons (Fsp3) is 0.373. The van der Waals surface area contributed by atoms with Crippen LogP contribution in [-0.4, -0.2) is 63.0 Å². The minimum absolute atomic E-state index is 0.00891. The van der Waals surface area contributed by atoms with Gasteiger partial charge in [0.2, 0.25) is 0 Å². The Kier molecular flexibility index (Phi) is 13.4. The zero-order valence-electron chi connectivity index (χ0n) is 38.5. The molecule has 2 amide bonds. The van der Waals surface area contributed by atoms with Gasteiger partial charge in [-0.15, -0.1) is 0 Å². The summed E-state index contributed by atoms with van der Waals surface area (Å²) in [6.45, 7) is 24.3. The smallest absolute Gasteiger partial charge is 0.263 e. The number of nitrogens with zero attached hydrogens (tertiary/aromatic N) is 2. The molecule has 8 rings (SSSR count). The quantitative estimate of drug-likeness (QED) is 0.105. The van der Waals surface area contributed by atoms with Crippen molar-refractivity contribution in [3.63, 3.8) is 0 Å². The Morgan fingerprint density at radius 3 is 1.72 bits per heavy atom. The first-order chi connectivity index (χ1) is 30.1. The predicted molar refractivity (Wildman–Crippen MR) is 276 cm³/mol. The third kappa shape index (κ3) is 9.45. The number of phenolic OH excluding ortho intramolecular Hbond substituents is 2. The summed E-state index contributed by atoms with van der Waals surface area (Å²) >= 11 is 12.6. The number of hydrogen-bond acceptors (Lipinski definition) is 11. The fourth-order valence-electron chi connectivity index (χ4n) is 9.06. The lowest BCUT2D eigenvalue weighted by Gasteiger charge is -2.43. The molecule has 0 unspecified atom stereocenters. The number of rotatable bonds is 7. The van der Waals surface area contributed by atoms with Crippen LogP contribution in [0.3, 0.4) is 0 Å². The molecular weight excluding hydrogens is 877 g/mol. The van der Waals surface area contributed by atoms with E-state index in [-0.39, 0.29) is 34.1 Å². The molecule has 3 aliphatic heterocycles. The van der Waals surface area contributed by atoms with Crippen LogP contribution in [0.25, 0.3) is 34.4 Å². The van der Waals surface area contributed by atoms with E-state index in [1.54, 1.807) is 19.3 Å². The largest absolute Gasteiger partial charge is 0.507 e. The summed E-state index contributed by atoms with van der Waals surface area (Å²) < 4.78 is 6.63. The van der Waals surface area contributed by atoms with E-state index in [9.17, 15) is 19.8 Å². The van der Waals surface area contributed by atoms with E-state index in [1.165, 1.54) is 45.9 Å². The Bertz CT molecular complexity index is 2670. The first-order valence-electron chi connectivity index (χ1n) is 21.7. The summed E-state index contributed by atoms with van der Waals surface area (Å²) in [5, 5.41) is 26.4. The summed E-state index contributed by atoms with van der Waals surface area (Å²) in [6.07, 6.45) is 5.73. The Morgan fingerprint density at radius 1 is 0.672 bits per heavy atom. The molecule has 2 saturated heterocycles. The van der Waals surface area contributed by atoms with Crippen molar-refractivity contribution in [3.8, 4) is 39.5 Å². The number of benzene rings is 4. The third-order valence-electron chi connectivity index (χ3n) is 12.8. The van der Waals surface area contributed by atoms with Gasteiger partial charge in [0, 0.05) is 47.9 Å². The monoisotopic (exact) mass is 934 g/mol. The van der Waals surface area contributed by atoms with Crippen molar-refractivity contribution >= 4 is 91.9 Å². The number of amides is 2. The first-order valence-corrected chi connectivity index (χ1v) is 24.1. The van der Waals surface area contributed by atoms with Gasteiger partial charge in [-0.25, -0.2) is 0 Å². The lowest BCUT2D eigenvalue weighted by Crippen LogP contribution is -2.46. The molecule has 0 spiro atoms. The van der Waals surface area contributed by atoms with Crippen molar-refractivity contribution in [2.75, 3.05) is 30.0 Å². The predicted octanol–water partition coefficient (Wildman–Crippen LogP) is 11.5. The first kappa shape index (κ1) is 47.2. The second-order valence-corrected chi connectivity index (χ2v) is 22.2. The number of fused-ring (bicyclic) bond motifs is 2. The molecule has 0 aromatic heterocycles. The number of thiocarbonyl (C=S) groups is 2. The van der Waals surface area contributed by atoms with Crippen molar-refractivity contribution in [3.05, 3.63) is 97.8 Å². The summed E-state index contributed by atoms with van der Waals surface area (Å²) in [7, 11) is 1.70. The summed E-state index contributed by atoms with van der Waals surface area (Å²) in [5.41, 5.74) is 12.7. The number of nitrogens with one attached hydrogen (secondary N) is 2. The number of aryl methyl sites for hydroxylation is 2. The Hall–Kier alpha value is -4.82. The average Bonchev–Trinajstić information content (AvgIpc) is 3.72. The fourth-order valence-corrected chi connectivity index (χ4v) is 11.1. The number of phenols is 2. The SMILES string of the molecule is COc1ccc(/C=C2\SC(=S)NC2=O)cc1-c1cc2c(cc1C)N(C(C)C)CCN2C(C)C.Cc1cc2c(cc1-c1cc(/C=C3\SC(=S)NC3=O)c(O)cc1O)C(C)(C)CCC2(C)C. The number of carbonyl (C=O) groups excluding carboxylic acids is 2. The van der Waals surface area contributed by atoms with Crippen molar-refractivity contribution in [1.29, 1.82) is 0 Å². The zero-order chi connectivity index (χ0) is 46.6. The molecule has 64 heavy (non-hydrogen) atoms. The van der Waals surface area contributed by atoms with E-state index in [4.69, 9.17) is 29.2 Å². The van der Waals surface area contributed by atoms with Gasteiger partial charge in [-0.2, -0.15) is 0 Å². The molecule has 13 heteroatoms. The lowest BCUT2D eigenvalue weighted by molar-refractivity contribution is -0.116. The second kappa shape index (κ2) is 18.2. The van der Waals surface area contributed by atoms with E-state index in [0.717, 1.165) is 71.3 Å². The number of ether oxygens (including phenoxy) is 1. The molecule has 4 aliphatic rings. The highest BCUT2D eigenvalue weighted by Gasteiger charge is 2.38. The Balaban J connectivity index is 0.000000192. The van der Waals surface area contributed by atoms with Crippen LogP contribution in [0, 0.1) is 13.8 Å². The van der Waals surface area contributed by atoms with E-state index in [0.29, 0.717) is 41.7 Å². The molecule has 1 aliphatic carbocycles. The molecule has 4 aromatic rings. The molecule has 0 saturated carbocycles. The molecule has 4 aromatic carbocycles. The van der Waals surface area contributed by atoms with Gasteiger partial charge < -0.3 is 35.4 Å². The third-order valence-corrected chi connectivity index (χ3v) is 15.1. The molecule has 0 radical (unpaired) electrons. The van der Waals surface area contributed by atoms with Crippen LogP contribution in [0.1, 0.15) is 102 Å². The Labute approximate surface area is 397 Å². The summed E-state index contributed by atoms with van der Waals surface area (Å²) in [5.74, 6) is 0.310. The van der Waals surface area contributed by atoms with Crippen LogP contribution in [0.2, 0.25) is 0 Å². The molecule has 4 N–H and O–H groups in total. The maximum absolute atomic E-state index is 12.1. The van der Waals surface area contributed by atoms with Crippen LogP contribution in [0.15, 0.2) is 64.4 Å². The van der Waals surface area contributed by atoms with Crippen molar-refractivity contribution in [2.24, 2.45) is 0 Å². The summed E-state index contributed by atoms with van der Waals surface area (Å²) in [6, 6.07) is 19.0. The minimum Gasteiger partial charge on any atom is -0.507 e. The van der Waals surface area contributed by atoms with E-state index >= 15 is 0 Å². The Morgan fingerprint density at radius 2 is 1.19 bits per heavy atom. The molecule has 336 valence electrons. The summed E-state index contributed by atoms with van der Waals surface area (Å²) in [4.78, 5) is 30.2. The van der Waals surface area contributed by atoms with Crippen molar-refractivity contribution < 1.29 is 24.5 Å². The van der Waals surface area contributed by atoms with Gasteiger partial charge >= 0.3 is 0 Å². The van der Waals surface area contributed by atoms with Gasteiger partial charge in [0.1, 0.15) is 25.9 Å². The molecule has 0 bridgehead atoms. The van der Waals surface area contributed by atoms with Gasteiger partial charge in [0.15, 0.2) is 0 Å². The van der Waals surface area contributed by atoms with Gasteiger partial charge in [-0.3, -0.25) is 9.59 Å². The van der Waals surface area contributed by atoms with Crippen LogP contribution >= 0.6 is 48.0 Å². The zero-order valence-corrected chi connectivity index (χ0v) is 41.7. The maximum atomic E-state index is 12.1. The highest BCUT2D eigenvalue weighted by atomic mass is 32.2. The molecule has 9 nitrogen and oxygen atoms in total. The highest BCUT2D eigenvalue weighted by molar-refractivity contribution is 8.27. The van der Waals surface area contributed by atoms with Crippen molar-refractivity contribution in [2.45, 2.75) is 105 Å². The number of carbonyl (C=O) groups is 2. The number of methoxy groups -OCH3 is 1. The average molecular weight is 935 g/mol. The molecular formula is C51H58N4O5S4. The van der Waals surface area contributed by atoms with Crippen LogP contribution < -0.4 is 25.2 Å². The van der Waals surface area contributed by atoms with E-state index < -0.39 is 0 Å². The van der Waals surface area contributed by atoms with Crippen molar-refractivity contribution in [1.82, 2.24) is 10.6 Å². The maximum Gasteiger partial charge on any atom is 0.263 e. The normalized spacial score (nSPS) is 18.9.